The molecule has 162 valence electrons. The number of halogens is 1. The van der Waals surface area contributed by atoms with Crippen LogP contribution >= 0.6 is 28.1 Å². The SMILES string of the molecule is CCCCCCCCCCCCCC(=O)NC(=S)Nc1ccc([N+](=O)[O-])cc1Br. The fourth-order valence-electron chi connectivity index (χ4n) is 3.01. The van der Waals surface area contributed by atoms with Crippen molar-refractivity contribution in [3.05, 3.63) is 32.8 Å². The van der Waals surface area contributed by atoms with E-state index < -0.39 is 4.92 Å². The highest BCUT2D eigenvalue weighted by atomic mass is 79.9. The summed E-state index contributed by atoms with van der Waals surface area (Å²) in [6, 6.07) is 4.31. The number of anilines is 1. The Kier molecular flexibility index (Phi) is 13.5. The number of hydrogen-bond donors (Lipinski definition) is 2. The summed E-state index contributed by atoms with van der Waals surface area (Å²) in [7, 11) is 0. The molecule has 0 heterocycles. The van der Waals surface area contributed by atoms with E-state index in [2.05, 4.69) is 33.5 Å². The lowest BCUT2D eigenvalue weighted by atomic mass is 10.1. The Bertz CT molecular complexity index is 671. The Morgan fingerprint density at radius 2 is 1.59 bits per heavy atom. The zero-order valence-electron chi connectivity index (χ0n) is 17.2. The van der Waals surface area contributed by atoms with E-state index in [1.807, 2.05) is 0 Å². The Balaban J connectivity index is 2.11. The van der Waals surface area contributed by atoms with Gasteiger partial charge in [0.25, 0.3) is 5.69 Å². The minimum Gasteiger partial charge on any atom is -0.331 e. The van der Waals surface area contributed by atoms with Crippen LogP contribution in [0.25, 0.3) is 0 Å². The summed E-state index contributed by atoms with van der Waals surface area (Å²) in [6.45, 7) is 2.24. The molecule has 0 unspecified atom stereocenters. The summed E-state index contributed by atoms with van der Waals surface area (Å²) >= 11 is 8.41. The van der Waals surface area contributed by atoms with Crippen molar-refractivity contribution >= 4 is 50.5 Å². The maximum atomic E-state index is 12.0. The average Bonchev–Trinajstić information content (AvgIpc) is 2.67. The number of hydrogen-bond acceptors (Lipinski definition) is 4. The molecule has 0 aromatic heterocycles. The predicted octanol–water partition coefficient (Wildman–Crippen LogP) is 6.87. The quantitative estimate of drug-likeness (QED) is 0.130. The number of nitrogens with zero attached hydrogens (tertiary/aromatic N) is 1. The van der Waals surface area contributed by atoms with Crippen molar-refractivity contribution in [3.63, 3.8) is 0 Å². The summed E-state index contributed by atoms with van der Waals surface area (Å²) in [6.07, 6.45) is 14.1. The third-order valence-electron chi connectivity index (χ3n) is 4.67. The van der Waals surface area contributed by atoms with Gasteiger partial charge in [-0.3, -0.25) is 14.9 Å². The topological polar surface area (TPSA) is 84.3 Å². The zero-order chi connectivity index (χ0) is 21.5. The number of nitro groups is 1. The molecule has 1 amide bonds. The van der Waals surface area contributed by atoms with E-state index in [4.69, 9.17) is 12.2 Å². The van der Waals surface area contributed by atoms with E-state index in [-0.39, 0.29) is 16.7 Å². The Morgan fingerprint density at radius 1 is 1.03 bits per heavy atom. The molecule has 0 aliphatic rings. The summed E-state index contributed by atoms with van der Waals surface area (Å²) in [5, 5.41) is 16.5. The number of nitro benzene ring substituents is 1. The number of thiocarbonyl (C=S) groups is 1. The third-order valence-corrected chi connectivity index (χ3v) is 5.53. The highest BCUT2D eigenvalue weighted by molar-refractivity contribution is 9.10. The first kappa shape index (κ1) is 25.5. The van der Waals surface area contributed by atoms with Gasteiger partial charge in [0.05, 0.1) is 10.6 Å². The van der Waals surface area contributed by atoms with Crippen molar-refractivity contribution in [1.82, 2.24) is 5.32 Å². The Hall–Kier alpha value is -1.54. The van der Waals surface area contributed by atoms with E-state index >= 15 is 0 Å². The molecule has 1 rings (SSSR count). The fraction of sp³-hybridized carbons (Fsp3) is 0.619. The first-order valence-corrected chi connectivity index (χ1v) is 11.7. The van der Waals surface area contributed by atoms with Gasteiger partial charge in [0.2, 0.25) is 5.91 Å². The number of nitrogens with one attached hydrogen (secondary N) is 2. The molecule has 1 aromatic carbocycles. The van der Waals surface area contributed by atoms with Gasteiger partial charge >= 0.3 is 0 Å². The van der Waals surface area contributed by atoms with Crippen molar-refractivity contribution in [2.24, 2.45) is 0 Å². The van der Waals surface area contributed by atoms with Crippen LogP contribution in [0.2, 0.25) is 0 Å². The number of non-ortho nitro benzene ring substituents is 1. The van der Waals surface area contributed by atoms with E-state index in [0.29, 0.717) is 16.6 Å². The van der Waals surface area contributed by atoms with Crippen molar-refractivity contribution in [2.75, 3.05) is 5.32 Å². The van der Waals surface area contributed by atoms with Gasteiger partial charge in [-0.2, -0.15) is 0 Å². The Morgan fingerprint density at radius 3 is 2.10 bits per heavy atom. The molecule has 8 heteroatoms. The lowest BCUT2D eigenvalue weighted by Gasteiger charge is -2.11. The molecule has 0 radical (unpaired) electrons. The van der Waals surface area contributed by atoms with E-state index in [1.165, 1.54) is 69.9 Å². The maximum Gasteiger partial charge on any atom is 0.270 e. The molecule has 0 aliphatic heterocycles. The molecule has 6 nitrogen and oxygen atoms in total. The molecular formula is C21H32BrN3O3S. The summed E-state index contributed by atoms with van der Waals surface area (Å²) in [5.41, 5.74) is 0.546. The van der Waals surface area contributed by atoms with Gasteiger partial charge in [0.1, 0.15) is 0 Å². The summed E-state index contributed by atoms with van der Waals surface area (Å²) in [5.74, 6) is -0.114. The van der Waals surface area contributed by atoms with Crippen molar-refractivity contribution in [2.45, 2.75) is 84.0 Å². The van der Waals surface area contributed by atoms with Gasteiger partial charge in [-0.15, -0.1) is 0 Å². The molecule has 0 aliphatic carbocycles. The summed E-state index contributed by atoms with van der Waals surface area (Å²) in [4.78, 5) is 22.3. The van der Waals surface area contributed by atoms with Crippen LogP contribution in [0.3, 0.4) is 0 Å². The van der Waals surface area contributed by atoms with Crippen molar-refractivity contribution in [1.29, 1.82) is 0 Å². The molecular weight excluding hydrogens is 454 g/mol. The average molecular weight is 486 g/mol. The van der Waals surface area contributed by atoms with Gasteiger partial charge in [0, 0.05) is 23.0 Å². The molecule has 0 fully saturated rings. The number of rotatable bonds is 14. The van der Waals surface area contributed by atoms with Crippen molar-refractivity contribution < 1.29 is 9.72 Å². The van der Waals surface area contributed by atoms with Gasteiger partial charge in [-0.25, -0.2) is 0 Å². The van der Waals surface area contributed by atoms with Crippen LogP contribution in [0.5, 0.6) is 0 Å². The third kappa shape index (κ3) is 11.9. The molecule has 1 aromatic rings. The summed E-state index contributed by atoms with van der Waals surface area (Å²) < 4.78 is 0.508. The zero-order valence-corrected chi connectivity index (χ0v) is 19.6. The van der Waals surface area contributed by atoms with Crippen LogP contribution in [0.15, 0.2) is 22.7 Å². The Labute approximate surface area is 187 Å². The second kappa shape index (κ2) is 15.3. The van der Waals surface area contributed by atoms with Crippen molar-refractivity contribution in [3.8, 4) is 0 Å². The molecule has 0 spiro atoms. The van der Waals surface area contributed by atoms with E-state index in [0.717, 1.165) is 12.8 Å². The van der Waals surface area contributed by atoms with E-state index in [1.54, 1.807) is 6.07 Å². The first-order valence-electron chi connectivity index (χ1n) is 10.5. The lowest BCUT2D eigenvalue weighted by molar-refractivity contribution is -0.384. The molecule has 0 bridgehead atoms. The minimum atomic E-state index is -0.470. The molecule has 0 atom stereocenters. The minimum absolute atomic E-state index is 0.0196. The smallest absolute Gasteiger partial charge is 0.270 e. The van der Waals surface area contributed by atoms with Crippen LogP contribution in [0.4, 0.5) is 11.4 Å². The number of carbonyl (C=O) groups is 1. The number of unbranched alkanes of at least 4 members (excludes halogenated alkanes) is 10. The monoisotopic (exact) mass is 485 g/mol. The van der Waals surface area contributed by atoms with Gasteiger partial charge in [0.15, 0.2) is 5.11 Å². The van der Waals surface area contributed by atoms with Gasteiger partial charge in [-0.05, 0) is 40.6 Å². The highest BCUT2D eigenvalue weighted by Gasteiger charge is 2.11. The normalized spacial score (nSPS) is 10.6. The number of amides is 1. The molecule has 0 saturated carbocycles. The van der Waals surface area contributed by atoms with Crippen LogP contribution in [0, 0.1) is 10.1 Å². The number of benzene rings is 1. The molecule has 29 heavy (non-hydrogen) atoms. The standard InChI is InChI=1S/C21H32BrN3O3S/c1-2-3-4-5-6-7-8-9-10-11-12-13-20(26)24-21(29)23-19-15-14-17(25(27)28)16-18(19)22/h14-16H,2-13H2,1H3,(H2,23,24,26,29). The molecule has 2 N–H and O–H groups in total. The highest BCUT2D eigenvalue weighted by Crippen LogP contribution is 2.27. The first-order chi connectivity index (χ1) is 13.9. The van der Waals surface area contributed by atoms with Gasteiger partial charge < -0.3 is 10.6 Å². The van der Waals surface area contributed by atoms with Gasteiger partial charge in [-0.1, -0.05) is 71.1 Å². The second-order valence-electron chi connectivity index (χ2n) is 7.21. The maximum absolute atomic E-state index is 12.0. The second-order valence-corrected chi connectivity index (χ2v) is 8.47. The van der Waals surface area contributed by atoms with Crippen LogP contribution in [0.1, 0.15) is 84.0 Å². The lowest BCUT2D eigenvalue weighted by Crippen LogP contribution is -2.34. The number of carbonyl (C=O) groups excluding carboxylic acids is 1. The predicted molar refractivity (Wildman–Crippen MR) is 126 cm³/mol. The van der Waals surface area contributed by atoms with Crippen LogP contribution in [-0.2, 0) is 4.79 Å². The van der Waals surface area contributed by atoms with Crippen LogP contribution < -0.4 is 10.6 Å². The molecule has 0 saturated heterocycles. The largest absolute Gasteiger partial charge is 0.331 e. The van der Waals surface area contributed by atoms with E-state index in [9.17, 15) is 14.9 Å². The van der Waals surface area contributed by atoms with Crippen LogP contribution in [-0.4, -0.2) is 15.9 Å². The fourth-order valence-corrected chi connectivity index (χ4v) is 3.70.